The second-order valence-corrected chi connectivity index (χ2v) is 5.26. The average molecular weight is 283 g/mol. The second kappa shape index (κ2) is 5.97. The molecule has 19 heavy (non-hydrogen) atoms. The number of allylic oxidation sites excluding steroid dienone is 4. The van der Waals surface area contributed by atoms with Crippen molar-refractivity contribution in [2.24, 2.45) is 4.99 Å². The number of aliphatic carboxylic acids is 1. The van der Waals surface area contributed by atoms with E-state index >= 15 is 0 Å². The third kappa shape index (κ3) is 3.64. The zero-order valence-corrected chi connectivity index (χ0v) is 12.0. The van der Waals surface area contributed by atoms with Crippen molar-refractivity contribution in [3.8, 4) is 0 Å². The van der Waals surface area contributed by atoms with Crippen molar-refractivity contribution in [2.75, 3.05) is 12.9 Å². The molecule has 2 N–H and O–H groups in total. The van der Waals surface area contributed by atoms with E-state index < -0.39 is 11.5 Å². The van der Waals surface area contributed by atoms with Crippen LogP contribution in [0.4, 0.5) is 0 Å². The molecule has 1 rings (SSSR count). The number of aliphatic hydroxyl groups excluding tert-OH is 1. The van der Waals surface area contributed by atoms with Crippen LogP contribution in [0.5, 0.6) is 0 Å². The maximum Gasteiger partial charge on any atom is 0.332 e. The first kappa shape index (κ1) is 15.4. The predicted octanol–water partition coefficient (Wildman–Crippen LogP) is 2.52. The van der Waals surface area contributed by atoms with Gasteiger partial charge in [-0.15, -0.1) is 11.8 Å². The number of hydrogen-bond donors (Lipinski definition) is 2. The number of carboxylic acid groups (broad SMARTS) is 1. The fourth-order valence-electron chi connectivity index (χ4n) is 1.30. The number of aliphatic hydroxyl groups is 1. The van der Waals surface area contributed by atoms with Gasteiger partial charge in [0.15, 0.2) is 5.54 Å². The Kier molecular flexibility index (Phi) is 4.83. The minimum Gasteiger partial charge on any atom is -0.508 e. The van der Waals surface area contributed by atoms with E-state index in [2.05, 4.69) is 11.6 Å². The van der Waals surface area contributed by atoms with Crippen LogP contribution in [0.25, 0.3) is 0 Å². The van der Waals surface area contributed by atoms with E-state index in [4.69, 9.17) is 9.84 Å². The molecule has 0 aliphatic carbocycles. The number of aliphatic imine (C=N–C) groups is 1. The zero-order valence-electron chi connectivity index (χ0n) is 11.1. The van der Waals surface area contributed by atoms with Gasteiger partial charge in [0.25, 0.3) is 0 Å². The molecule has 0 saturated heterocycles. The number of rotatable bonds is 5. The van der Waals surface area contributed by atoms with Gasteiger partial charge < -0.3 is 14.9 Å². The number of methoxy groups -OCH3 is 1. The molecule has 104 valence electrons. The highest BCUT2D eigenvalue weighted by Gasteiger charge is 2.39. The number of nitrogens with zero attached hydrogens (tertiary/aromatic N) is 1. The summed E-state index contributed by atoms with van der Waals surface area (Å²) < 4.78 is 4.99. The fourth-order valence-corrected chi connectivity index (χ4v) is 2.52. The molecule has 1 aliphatic rings. The maximum atomic E-state index is 11.1. The summed E-state index contributed by atoms with van der Waals surface area (Å²) in [6.45, 7) is 6.78. The lowest BCUT2D eigenvalue weighted by atomic mass is 10.1. The second-order valence-electron chi connectivity index (χ2n) is 4.29. The van der Waals surface area contributed by atoms with Crippen molar-refractivity contribution in [3.63, 3.8) is 0 Å². The van der Waals surface area contributed by atoms with Crippen LogP contribution in [0.2, 0.25) is 0 Å². The summed E-state index contributed by atoms with van der Waals surface area (Å²) in [6.07, 6.45) is 3.27. The Balaban J connectivity index is 3.10. The van der Waals surface area contributed by atoms with Crippen LogP contribution >= 0.6 is 11.8 Å². The van der Waals surface area contributed by atoms with E-state index in [-0.39, 0.29) is 5.76 Å². The number of carboxylic acids is 1. The predicted molar refractivity (Wildman–Crippen MR) is 76.6 cm³/mol. The number of thioether (sulfide) groups is 1. The van der Waals surface area contributed by atoms with Gasteiger partial charge in [0.05, 0.1) is 12.9 Å². The van der Waals surface area contributed by atoms with Gasteiger partial charge >= 0.3 is 5.97 Å². The molecule has 0 radical (unpaired) electrons. The van der Waals surface area contributed by atoms with E-state index in [0.717, 1.165) is 0 Å². The van der Waals surface area contributed by atoms with Crippen LogP contribution in [0.3, 0.4) is 0 Å². The Morgan fingerprint density at radius 3 is 2.58 bits per heavy atom. The largest absolute Gasteiger partial charge is 0.508 e. The van der Waals surface area contributed by atoms with Gasteiger partial charge in [0.1, 0.15) is 10.8 Å². The highest BCUT2D eigenvalue weighted by molar-refractivity contribution is 8.14. The van der Waals surface area contributed by atoms with E-state index in [0.29, 0.717) is 22.1 Å². The average Bonchev–Trinajstić information content (AvgIpc) is 2.72. The lowest BCUT2D eigenvalue weighted by molar-refractivity contribution is -0.141. The highest BCUT2D eigenvalue weighted by Crippen LogP contribution is 2.32. The third-order valence-corrected chi connectivity index (χ3v) is 3.94. The van der Waals surface area contributed by atoms with Gasteiger partial charge in [-0.3, -0.25) is 4.99 Å². The van der Waals surface area contributed by atoms with Gasteiger partial charge in [0, 0.05) is 11.3 Å². The molecule has 0 aromatic carbocycles. The van der Waals surface area contributed by atoms with E-state index in [1.165, 1.54) is 18.9 Å². The van der Waals surface area contributed by atoms with Crippen molar-refractivity contribution in [1.29, 1.82) is 0 Å². The Hall–Kier alpha value is -1.69. The molecular weight excluding hydrogens is 266 g/mol. The first-order valence-electron chi connectivity index (χ1n) is 5.57. The molecule has 0 bridgehead atoms. The zero-order chi connectivity index (χ0) is 14.6. The van der Waals surface area contributed by atoms with Crippen molar-refractivity contribution < 1.29 is 19.7 Å². The summed E-state index contributed by atoms with van der Waals surface area (Å²) in [6, 6.07) is 0. The molecule has 1 aliphatic heterocycles. The van der Waals surface area contributed by atoms with Crippen LogP contribution in [-0.2, 0) is 9.53 Å². The SMILES string of the molecule is C=C(O)/C(=C\C=C(/C)OC)C1=N[C@@](C)(C(=O)O)CS1. The molecule has 0 amide bonds. The summed E-state index contributed by atoms with van der Waals surface area (Å²) in [5.74, 6) is -0.152. The number of carbonyl (C=O) groups is 1. The summed E-state index contributed by atoms with van der Waals surface area (Å²) in [5.41, 5.74) is -0.749. The van der Waals surface area contributed by atoms with Gasteiger partial charge in [0.2, 0.25) is 0 Å². The molecular formula is C13H17NO4S. The Labute approximate surface area is 116 Å². The Bertz CT molecular complexity index is 493. The molecule has 1 atom stereocenters. The van der Waals surface area contributed by atoms with E-state index in [1.807, 2.05) is 0 Å². The van der Waals surface area contributed by atoms with Crippen molar-refractivity contribution in [1.82, 2.24) is 0 Å². The quantitative estimate of drug-likeness (QED) is 0.598. The Morgan fingerprint density at radius 1 is 1.53 bits per heavy atom. The molecule has 0 spiro atoms. The topological polar surface area (TPSA) is 79.1 Å². The molecule has 0 fully saturated rings. The molecule has 0 saturated carbocycles. The van der Waals surface area contributed by atoms with Crippen LogP contribution in [0.1, 0.15) is 13.8 Å². The van der Waals surface area contributed by atoms with E-state index in [1.54, 1.807) is 26.0 Å². The van der Waals surface area contributed by atoms with Crippen molar-refractivity contribution >= 4 is 22.8 Å². The Morgan fingerprint density at radius 2 is 2.16 bits per heavy atom. The molecule has 1 heterocycles. The standard InChI is InChI=1S/C13H17NO4S/c1-8(18-4)5-6-10(9(2)15)11-14-13(3,7-19-11)12(16)17/h5-6,15H,2,7H2,1,3-4H3,(H,16,17)/b8-5+,10-6+/t13-/m1/s1. The lowest BCUT2D eigenvalue weighted by Crippen LogP contribution is -2.33. The maximum absolute atomic E-state index is 11.1. The first-order valence-corrected chi connectivity index (χ1v) is 6.56. The van der Waals surface area contributed by atoms with Gasteiger partial charge in [-0.1, -0.05) is 6.58 Å². The van der Waals surface area contributed by atoms with Crippen LogP contribution < -0.4 is 0 Å². The molecule has 0 aromatic heterocycles. The van der Waals surface area contributed by atoms with Gasteiger partial charge in [-0.2, -0.15) is 0 Å². The summed E-state index contributed by atoms with van der Waals surface area (Å²) in [5, 5.41) is 19.2. The molecule has 0 aromatic rings. The van der Waals surface area contributed by atoms with Crippen molar-refractivity contribution in [3.05, 3.63) is 35.8 Å². The summed E-state index contributed by atoms with van der Waals surface area (Å²) in [7, 11) is 1.54. The normalized spacial score (nSPS) is 24.1. The monoisotopic (exact) mass is 283 g/mol. The van der Waals surface area contributed by atoms with Crippen LogP contribution in [0.15, 0.2) is 40.8 Å². The van der Waals surface area contributed by atoms with Crippen LogP contribution in [-0.4, -0.2) is 39.6 Å². The van der Waals surface area contributed by atoms with E-state index in [9.17, 15) is 9.90 Å². The summed E-state index contributed by atoms with van der Waals surface area (Å²) in [4.78, 5) is 15.3. The summed E-state index contributed by atoms with van der Waals surface area (Å²) >= 11 is 1.28. The van der Waals surface area contributed by atoms with Crippen LogP contribution in [0, 0.1) is 0 Å². The number of ether oxygens (including phenoxy) is 1. The third-order valence-electron chi connectivity index (χ3n) is 2.65. The number of hydrogen-bond acceptors (Lipinski definition) is 5. The smallest absolute Gasteiger partial charge is 0.332 e. The van der Waals surface area contributed by atoms with Crippen molar-refractivity contribution in [2.45, 2.75) is 19.4 Å². The lowest BCUT2D eigenvalue weighted by Gasteiger charge is -2.11. The molecule has 6 heteroatoms. The minimum atomic E-state index is -1.16. The minimum absolute atomic E-state index is 0.152. The molecule has 0 unspecified atom stereocenters. The highest BCUT2D eigenvalue weighted by atomic mass is 32.2. The van der Waals surface area contributed by atoms with Gasteiger partial charge in [-0.25, -0.2) is 4.79 Å². The first-order chi connectivity index (χ1) is 8.80. The fraction of sp³-hybridized carbons (Fsp3) is 0.385. The molecule has 5 nitrogen and oxygen atoms in total. The van der Waals surface area contributed by atoms with Gasteiger partial charge in [-0.05, 0) is 26.0 Å².